The number of allylic oxidation sites excluding steroid dienone is 1. The fourth-order valence-electron chi connectivity index (χ4n) is 1.53. The van der Waals surface area contributed by atoms with E-state index in [-0.39, 0.29) is 0 Å². The first-order chi connectivity index (χ1) is 7.09. The van der Waals surface area contributed by atoms with Crippen molar-refractivity contribution in [3.05, 3.63) is 24.8 Å². The molecule has 1 aromatic rings. The van der Waals surface area contributed by atoms with Crippen LogP contribution >= 0.6 is 0 Å². The van der Waals surface area contributed by atoms with E-state index in [1.165, 1.54) is 6.33 Å². The van der Waals surface area contributed by atoms with Crippen LogP contribution in [0.25, 0.3) is 0 Å². The summed E-state index contributed by atoms with van der Waals surface area (Å²) in [4.78, 5) is 4.15. The third-order valence-electron chi connectivity index (χ3n) is 2.42. The molecule has 1 atom stereocenters. The Morgan fingerprint density at radius 2 is 2.40 bits per heavy atom. The molecule has 1 aromatic heterocycles. The Labute approximate surface area is 90.6 Å². The summed E-state index contributed by atoms with van der Waals surface area (Å²) in [5.41, 5.74) is -0.728. The zero-order valence-corrected chi connectivity index (χ0v) is 9.48. The maximum atomic E-state index is 10.1. The molecule has 84 valence electrons. The highest BCUT2D eigenvalue weighted by atomic mass is 16.3. The fourth-order valence-corrected chi connectivity index (χ4v) is 1.53. The smallest absolute Gasteiger partial charge is 0.138 e. The van der Waals surface area contributed by atoms with Gasteiger partial charge in [-0.2, -0.15) is 5.10 Å². The standard InChI is InChI=1S/C11H19N3O/c1-4-6-7-11(3,15)8-10-12-9-13-14(10)5-2/h4,9,15H,1,5-8H2,2-3H3. The first-order valence-corrected chi connectivity index (χ1v) is 5.29. The van der Waals surface area contributed by atoms with E-state index < -0.39 is 5.60 Å². The molecule has 0 aromatic carbocycles. The minimum absolute atomic E-state index is 0.536. The van der Waals surface area contributed by atoms with E-state index in [1.807, 2.05) is 24.6 Å². The van der Waals surface area contributed by atoms with Crippen LogP contribution < -0.4 is 0 Å². The maximum absolute atomic E-state index is 10.1. The lowest BCUT2D eigenvalue weighted by atomic mass is 9.96. The molecule has 0 saturated heterocycles. The van der Waals surface area contributed by atoms with Crippen molar-refractivity contribution in [3.63, 3.8) is 0 Å². The largest absolute Gasteiger partial charge is 0.390 e. The van der Waals surface area contributed by atoms with Crippen molar-refractivity contribution >= 4 is 0 Å². The van der Waals surface area contributed by atoms with Gasteiger partial charge in [-0.3, -0.25) is 4.68 Å². The van der Waals surface area contributed by atoms with Gasteiger partial charge in [0.25, 0.3) is 0 Å². The fraction of sp³-hybridized carbons (Fsp3) is 0.636. The summed E-state index contributed by atoms with van der Waals surface area (Å²) in [5, 5.41) is 14.2. The van der Waals surface area contributed by atoms with Crippen LogP contribution in [0, 0.1) is 0 Å². The molecule has 1 N–H and O–H groups in total. The second kappa shape index (κ2) is 5.07. The van der Waals surface area contributed by atoms with Crippen LogP contribution in [0.3, 0.4) is 0 Å². The zero-order valence-electron chi connectivity index (χ0n) is 9.48. The lowest BCUT2D eigenvalue weighted by Crippen LogP contribution is -2.28. The van der Waals surface area contributed by atoms with E-state index >= 15 is 0 Å². The van der Waals surface area contributed by atoms with Crippen molar-refractivity contribution in [3.8, 4) is 0 Å². The minimum Gasteiger partial charge on any atom is -0.390 e. The van der Waals surface area contributed by atoms with Crippen LogP contribution in [0.15, 0.2) is 19.0 Å². The Balaban J connectivity index is 2.63. The molecule has 4 nitrogen and oxygen atoms in total. The van der Waals surface area contributed by atoms with Gasteiger partial charge < -0.3 is 5.11 Å². The van der Waals surface area contributed by atoms with Crippen molar-refractivity contribution in [2.45, 2.75) is 45.3 Å². The number of rotatable bonds is 6. The number of hydrogen-bond acceptors (Lipinski definition) is 3. The summed E-state index contributed by atoms with van der Waals surface area (Å²) in [6, 6.07) is 0. The third-order valence-corrected chi connectivity index (χ3v) is 2.42. The second-order valence-electron chi connectivity index (χ2n) is 3.99. The SMILES string of the molecule is C=CCCC(C)(O)Cc1ncnn1CC. The van der Waals surface area contributed by atoms with Crippen molar-refractivity contribution < 1.29 is 5.11 Å². The topological polar surface area (TPSA) is 50.9 Å². The van der Waals surface area contributed by atoms with Crippen molar-refractivity contribution in [1.82, 2.24) is 14.8 Å². The first-order valence-electron chi connectivity index (χ1n) is 5.29. The second-order valence-corrected chi connectivity index (χ2v) is 3.99. The van der Waals surface area contributed by atoms with E-state index in [0.717, 1.165) is 18.8 Å². The van der Waals surface area contributed by atoms with Crippen LogP contribution in [0.4, 0.5) is 0 Å². The monoisotopic (exact) mass is 209 g/mol. The molecule has 15 heavy (non-hydrogen) atoms. The van der Waals surface area contributed by atoms with Crippen LogP contribution in [0.5, 0.6) is 0 Å². The summed E-state index contributed by atoms with van der Waals surface area (Å²) in [5.74, 6) is 0.839. The summed E-state index contributed by atoms with van der Waals surface area (Å²) in [6.45, 7) is 8.27. The average Bonchev–Trinajstić information content (AvgIpc) is 2.61. The zero-order chi connectivity index (χ0) is 11.3. The van der Waals surface area contributed by atoms with E-state index in [4.69, 9.17) is 0 Å². The molecule has 0 radical (unpaired) electrons. The van der Waals surface area contributed by atoms with Gasteiger partial charge in [0.15, 0.2) is 0 Å². The molecule has 1 rings (SSSR count). The number of aromatic nitrogens is 3. The summed E-state index contributed by atoms with van der Waals surface area (Å²) in [7, 11) is 0. The molecule has 0 amide bonds. The average molecular weight is 209 g/mol. The number of nitrogens with zero attached hydrogens (tertiary/aromatic N) is 3. The minimum atomic E-state index is -0.728. The highest BCUT2D eigenvalue weighted by molar-refractivity contribution is 4.93. The molecule has 4 heteroatoms. The molecular weight excluding hydrogens is 190 g/mol. The van der Waals surface area contributed by atoms with Gasteiger partial charge in [0.1, 0.15) is 12.2 Å². The van der Waals surface area contributed by atoms with E-state index in [9.17, 15) is 5.11 Å². The van der Waals surface area contributed by atoms with Gasteiger partial charge in [-0.05, 0) is 26.7 Å². The summed E-state index contributed by atoms with van der Waals surface area (Å²) < 4.78 is 1.81. The van der Waals surface area contributed by atoms with E-state index in [2.05, 4.69) is 16.7 Å². The van der Waals surface area contributed by atoms with Gasteiger partial charge in [0.05, 0.1) is 5.60 Å². The predicted octanol–water partition coefficient (Wildman–Crippen LogP) is 1.56. The van der Waals surface area contributed by atoms with Crippen molar-refractivity contribution in [2.24, 2.45) is 0 Å². The Hall–Kier alpha value is -1.16. The third kappa shape index (κ3) is 3.47. The highest BCUT2D eigenvalue weighted by Gasteiger charge is 2.22. The van der Waals surface area contributed by atoms with Gasteiger partial charge >= 0.3 is 0 Å². The van der Waals surface area contributed by atoms with E-state index in [0.29, 0.717) is 12.8 Å². The lowest BCUT2D eigenvalue weighted by Gasteiger charge is -2.22. The molecule has 0 aliphatic rings. The molecular formula is C11H19N3O. The van der Waals surface area contributed by atoms with Crippen LogP contribution in [-0.4, -0.2) is 25.5 Å². The van der Waals surface area contributed by atoms with Gasteiger partial charge in [-0.15, -0.1) is 6.58 Å². The van der Waals surface area contributed by atoms with E-state index in [1.54, 1.807) is 0 Å². The normalized spacial score (nSPS) is 14.9. The Kier molecular flexibility index (Phi) is 4.03. The molecule has 0 aliphatic carbocycles. The molecule has 0 fully saturated rings. The highest BCUT2D eigenvalue weighted by Crippen LogP contribution is 2.17. The summed E-state index contributed by atoms with van der Waals surface area (Å²) in [6.07, 6.45) is 5.40. The molecule has 1 unspecified atom stereocenters. The van der Waals surface area contributed by atoms with Crippen LogP contribution in [0.1, 0.15) is 32.5 Å². The van der Waals surface area contributed by atoms with Gasteiger partial charge in [0.2, 0.25) is 0 Å². The first kappa shape index (κ1) is 11.9. The Morgan fingerprint density at radius 3 is 3.00 bits per heavy atom. The van der Waals surface area contributed by atoms with Crippen LogP contribution in [0.2, 0.25) is 0 Å². The maximum Gasteiger partial charge on any atom is 0.138 e. The number of aliphatic hydroxyl groups is 1. The van der Waals surface area contributed by atoms with Gasteiger partial charge in [-0.25, -0.2) is 4.98 Å². The van der Waals surface area contributed by atoms with Gasteiger partial charge in [0, 0.05) is 13.0 Å². The summed E-state index contributed by atoms with van der Waals surface area (Å²) >= 11 is 0. The van der Waals surface area contributed by atoms with Crippen molar-refractivity contribution in [1.29, 1.82) is 0 Å². The molecule has 0 saturated carbocycles. The van der Waals surface area contributed by atoms with Gasteiger partial charge in [-0.1, -0.05) is 6.08 Å². The quantitative estimate of drug-likeness (QED) is 0.723. The van der Waals surface area contributed by atoms with Crippen LogP contribution in [-0.2, 0) is 13.0 Å². The number of aryl methyl sites for hydroxylation is 1. The Bertz CT molecular complexity index is 317. The number of hydrogen-bond donors (Lipinski definition) is 1. The predicted molar refractivity (Wildman–Crippen MR) is 59.5 cm³/mol. The lowest BCUT2D eigenvalue weighted by molar-refractivity contribution is 0.0492. The van der Waals surface area contributed by atoms with Crippen molar-refractivity contribution in [2.75, 3.05) is 0 Å². The Morgan fingerprint density at radius 1 is 1.67 bits per heavy atom. The molecule has 0 bridgehead atoms. The molecule has 0 spiro atoms. The molecule has 0 aliphatic heterocycles. The molecule has 1 heterocycles.